The number of hydrogen-bond donors (Lipinski definition) is 2. The number of anilines is 2. The Kier molecular flexibility index (Phi) is 4.78. The average molecular weight is 359 g/mol. The molecule has 1 aliphatic rings. The van der Waals surface area contributed by atoms with Crippen LogP contribution >= 0.6 is 0 Å². The van der Waals surface area contributed by atoms with Gasteiger partial charge >= 0.3 is 0 Å². The summed E-state index contributed by atoms with van der Waals surface area (Å²) in [6, 6.07) is 6.23. The van der Waals surface area contributed by atoms with Crippen LogP contribution in [0, 0.1) is 5.82 Å². The van der Waals surface area contributed by atoms with Gasteiger partial charge in [0, 0.05) is 26.2 Å². The van der Waals surface area contributed by atoms with Gasteiger partial charge in [-0.3, -0.25) is 9.78 Å². The molecule has 0 aromatic carbocycles. The topological polar surface area (TPSA) is 95.6 Å². The molecule has 0 radical (unpaired) electrons. The van der Waals surface area contributed by atoms with Crippen molar-refractivity contribution in [2.45, 2.75) is 19.4 Å². The van der Waals surface area contributed by atoms with E-state index >= 15 is 0 Å². The Morgan fingerprint density at radius 3 is 2.35 bits per heavy atom. The van der Waals surface area contributed by atoms with Crippen LogP contribution in [-0.2, 0) is 5.60 Å². The van der Waals surface area contributed by atoms with Crippen LogP contribution in [0.2, 0.25) is 0 Å². The fourth-order valence-electron chi connectivity index (χ4n) is 2.90. The third-order valence-corrected chi connectivity index (χ3v) is 4.40. The number of pyridine rings is 2. The van der Waals surface area contributed by atoms with Gasteiger partial charge in [-0.15, -0.1) is 0 Å². The highest BCUT2D eigenvalue weighted by Gasteiger charge is 2.23. The summed E-state index contributed by atoms with van der Waals surface area (Å²) in [6.07, 6.45) is 1.73. The van der Waals surface area contributed by atoms with E-state index in [9.17, 15) is 14.3 Å². The molecule has 3 heterocycles. The van der Waals surface area contributed by atoms with E-state index in [-0.39, 0.29) is 11.5 Å². The molecule has 8 heteroatoms. The minimum Gasteiger partial charge on any atom is -0.384 e. The molecule has 2 aromatic heterocycles. The van der Waals surface area contributed by atoms with Crippen LogP contribution in [-0.4, -0.2) is 47.2 Å². The molecular formula is C18H22FN5O2. The molecule has 138 valence electrons. The van der Waals surface area contributed by atoms with E-state index in [2.05, 4.69) is 14.9 Å². The van der Waals surface area contributed by atoms with Crippen LogP contribution in [0.15, 0.2) is 30.5 Å². The van der Waals surface area contributed by atoms with E-state index < -0.39 is 17.3 Å². The number of aromatic nitrogens is 2. The number of piperazine rings is 1. The first kappa shape index (κ1) is 18.1. The number of amides is 1. The van der Waals surface area contributed by atoms with Gasteiger partial charge in [-0.25, -0.2) is 9.37 Å². The van der Waals surface area contributed by atoms with Gasteiger partial charge in [-0.05, 0) is 38.1 Å². The normalized spacial score (nSPS) is 15.2. The maximum absolute atomic E-state index is 14.1. The molecule has 26 heavy (non-hydrogen) atoms. The van der Waals surface area contributed by atoms with Gasteiger partial charge in [-0.2, -0.15) is 0 Å². The minimum atomic E-state index is -0.980. The molecule has 0 aliphatic carbocycles. The molecule has 1 fully saturated rings. The third-order valence-electron chi connectivity index (χ3n) is 4.40. The molecule has 3 rings (SSSR count). The molecular weight excluding hydrogens is 337 g/mol. The van der Waals surface area contributed by atoms with Crippen molar-refractivity contribution < 1.29 is 14.3 Å². The van der Waals surface area contributed by atoms with Crippen molar-refractivity contribution in [2.75, 3.05) is 36.0 Å². The quantitative estimate of drug-likeness (QED) is 0.854. The summed E-state index contributed by atoms with van der Waals surface area (Å²) < 4.78 is 14.1. The summed E-state index contributed by atoms with van der Waals surface area (Å²) in [4.78, 5) is 23.6. The highest BCUT2D eigenvalue weighted by molar-refractivity contribution is 5.91. The summed E-state index contributed by atoms with van der Waals surface area (Å²) in [5.41, 5.74) is 5.85. The van der Waals surface area contributed by atoms with Gasteiger partial charge in [-0.1, -0.05) is 0 Å². The number of rotatable bonds is 4. The Balaban J connectivity index is 1.70. The zero-order chi connectivity index (χ0) is 18.9. The van der Waals surface area contributed by atoms with Gasteiger partial charge in [0.05, 0.1) is 17.6 Å². The van der Waals surface area contributed by atoms with Crippen LogP contribution in [0.3, 0.4) is 0 Å². The summed E-state index contributed by atoms with van der Waals surface area (Å²) in [5.74, 6) is -1.00. The van der Waals surface area contributed by atoms with Crippen LogP contribution < -0.4 is 15.5 Å². The Labute approximate surface area is 151 Å². The molecule has 2 aromatic rings. The number of carbonyl (C=O) groups is 1. The van der Waals surface area contributed by atoms with Crippen molar-refractivity contribution in [3.8, 4) is 0 Å². The highest BCUT2D eigenvalue weighted by atomic mass is 19.1. The maximum atomic E-state index is 14.1. The first-order valence-corrected chi connectivity index (χ1v) is 8.41. The lowest BCUT2D eigenvalue weighted by molar-refractivity contribution is 0.0738. The Bertz CT molecular complexity index is 796. The summed E-state index contributed by atoms with van der Waals surface area (Å²) in [6.45, 7) is 5.81. The molecule has 7 nitrogen and oxygen atoms in total. The summed E-state index contributed by atoms with van der Waals surface area (Å²) in [7, 11) is 0. The van der Waals surface area contributed by atoms with Crippen LogP contribution in [0.25, 0.3) is 0 Å². The Morgan fingerprint density at radius 2 is 1.81 bits per heavy atom. The van der Waals surface area contributed by atoms with E-state index in [1.165, 1.54) is 12.1 Å². The SMILES string of the molecule is CC(C)(O)c1ccc(N2CCN(c3nc(C(N)=O)ccc3F)CC2)cn1. The third kappa shape index (κ3) is 3.75. The average Bonchev–Trinajstić information content (AvgIpc) is 2.61. The lowest BCUT2D eigenvalue weighted by Gasteiger charge is -2.36. The first-order chi connectivity index (χ1) is 12.3. The number of carbonyl (C=O) groups excluding carboxylic acids is 1. The second-order valence-corrected chi connectivity index (χ2v) is 6.80. The monoisotopic (exact) mass is 359 g/mol. The van der Waals surface area contributed by atoms with Crippen LogP contribution in [0.4, 0.5) is 15.9 Å². The van der Waals surface area contributed by atoms with Crippen molar-refractivity contribution >= 4 is 17.4 Å². The lowest BCUT2D eigenvalue weighted by atomic mass is 10.0. The van der Waals surface area contributed by atoms with Crippen molar-refractivity contribution in [1.82, 2.24) is 9.97 Å². The van der Waals surface area contributed by atoms with Crippen molar-refractivity contribution in [1.29, 1.82) is 0 Å². The number of primary amides is 1. The van der Waals surface area contributed by atoms with Gasteiger partial charge < -0.3 is 20.6 Å². The predicted octanol–water partition coefficient (Wildman–Crippen LogP) is 1.27. The van der Waals surface area contributed by atoms with Gasteiger partial charge in [0.1, 0.15) is 11.3 Å². The molecule has 0 bridgehead atoms. The minimum absolute atomic E-state index is 0.0511. The van der Waals surface area contributed by atoms with Gasteiger partial charge in [0.2, 0.25) is 0 Å². The molecule has 1 amide bonds. The number of nitrogens with zero attached hydrogens (tertiary/aromatic N) is 4. The second kappa shape index (κ2) is 6.87. The van der Waals surface area contributed by atoms with E-state index in [0.717, 1.165) is 5.69 Å². The molecule has 0 saturated carbocycles. The largest absolute Gasteiger partial charge is 0.384 e. The molecule has 0 unspecified atom stereocenters. The fraction of sp³-hybridized carbons (Fsp3) is 0.389. The smallest absolute Gasteiger partial charge is 0.267 e. The zero-order valence-corrected chi connectivity index (χ0v) is 14.8. The summed E-state index contributed by atoms with van der Waals surface area (Å²) in [5, 5.41) is 9.98. The lowest BCUT2D eigenvalue weighted by Crippen LogP contribution is -2.47. The molecule has 1 saturated heterocycles. The van der Waals surface area contributed by atoms with E-state index in [4.69, 9.17) is 5.73 Å². The van der Waals surface area contributed by atoms with Crippen molar-refractivity contribution in [2.24, 2.45) is 5.73 Å². The van der Waals surface area contributed by atoms with Gasteiger partial charge in [0.15, 0.2) is 11.6 Å². The van der Waals surface area contributed by atoms with Crippen LogP contribution in [0.1, 0.15) is 30.0 Å². The predicted molar refractivity (Wildman–Crippen MR) is 96.6 cm³/mol. The number of nitrogens with two attached hydrogens (primary N) is 1. The van der Waals surface area contributed by atoms with Crippen molar-refractivity contribution in [3.63, 3.8) is 0 Å². The van der Waals surface area contributed by atoms with E-state index in [1.807, 2.05) is 6.07 Å². The number of hydrogen-bond acceptors (Lipinski definition) is 6. The standard InChI is InChI=1S/C18H22FN5O2/c1-18(2,26)15-6-3-12(11-21-15)23-7-9-24(10-8-23)17-13(19)4-5-14(22-17)16(20)25/h3-6,11,26H,7-10H2,1-2H3,(H2,20,25). The molecule has 3 N–H and O–H groups in total. The highest BCUT2D eigenvalue weighted by Crippen LogP contribution is 2.23. The molecule has 1 aliphatic heterocycles. The summed E-state index contributed by atoms with van der Waals surface area (Å²) >= 11 is 0. The van der Waals surface area contributed by atoms with Crippen LogP contribution in [0.5, 0.6) is 0 Å². The van der Waals surface area contributed by atoms with E-state index in [0.29, 0.717) is 31.9 Å². The fourth-order valence-corrected chi connectivity index (χ4v) is 2.90. The Hall–Kier alpha value is -2.74. The first-order valence-electron chi connectivity index (χ1n) is 8.41. The molecule has 0 spiro atoms. The Morgan fingerprint density at radius 1 is 1.15 bits per heavy atom. The number of aliphatic hydroxyl groups is 1. The second-order valence-electron chi connectivity index (χ2n) is 6.80. The number of halogens is 1. The van der Waals surface area contributed by atoms with Crippen molar-refractivity contribution in [3.05, 3.63) is 47.7 Å². The van der Waals surface area contributed by atoms with E-state index in [1.54, 1.807) is 31.0 Å². The zero-order valence-electron chi connectivity index (χ0n) is 14.8. The molecule has 0 atom stereocenters. The van der Waals surface area contributed by atoms with Gasteiger partial charge in [0.25, 0.3) is 5.91 Å². The maximum Gasteiger partial charge on any atom is 0.267 e.